The number of amides is 1. The molecule has 2 heterocycles. The van der Waals surface area contributed by atoms with Crippen molar-refractivity contribution >= 4 is 23.2 Å². The molecule has 0 bridgehead atoms. The normalized spacial score (nSPS) is 10.7. The van der Waals surface area contributed by atoms with Gasteiger partial charge in [0.1, 0.15) is 5.82 Å². The van der Waals surface area contributed by atoms with Gasteiger partial charge in [0.15, 0.2) is 0 Å². The Morgan fingerprint density at radius 1 is 1.06 bits per heavy atom. The number of carboxylic acid groups (broad SMARTS) is 1. The molecule has 0 aliphatic rings. The van der Waals surface area contributed by atoms with Crippen LogP contribution in [0.1, 0.15) is 16.9 Å². The zero-order chi connectivity index (χ0) is 22.9. The number of halogens is 4. The second kappa shape index (κ2) is 11.2. The number of nitrogens with zero attached hydrogens (tertiary/aromatic N) is 1. The molecule has 2 aromatic heterocycles. The summed E-state index contributed by atoms with van der Waals surface area (Å²) in [5.41, 5.74) is 2.04. The van der Waals surface area contributed by atoms with E-state index in [9.17, 15) is 22.4 Å². The Morgan fingerprint density at radius 3 is 2.32 bits per heavy atom. The highest BCUT2D eigenvalue weighted by molar-refractivity contribution is 7.09. The minimum absolute atomic E-state index is 0.0154. The second-order valence-electron chi connectivity index (χ2n) is 6.19. The maximum absolute atomic E-state index is 13.7. The van der Waals surface area contributed by atoms with E-state index in [0.29, 0.717) is 30.6 Å². The Morgan fingerprint density at radius 2 is 1.77 bits per heavy atom. The van der Waals surface area contributed by atoms with Gasteiger partial charge in [-0.3, -0.25) is 9.78 Å². The summed E-state index contributed by atoms with van der Waals surface area (Å²) in [6.07, 6.45) is -2.36. The number of carbonyl (C=O) groups is 2. The van der Waals surface area contributed by atoms with Gasteiger partial charge in [0.05, 0.1) is 12.2 Å². The van der Waals surface area contributed by atoms with Gasteiger partial charge in [-0.2, -0.15) is 13.2 Å². The van der Waals surface area contributed by atoms with Gasteiger partial charge in [-0.05, 0) is 41.6 Å². The number of alkyl halides is 3. The fraction of sp³-hybridized carbons (Fsp3) is 0.190. The number of carbonyl (C=O) groups excluding carboxylic acids is 1. The highest BCUT2D eigenvalue weighted by Gasteiger charge is 2.38. The first-order valence-corrected chi connectivity index (χ1v) is 9.84. The maximum atomic E-state index is 13.7. The molecule has 0 radical (unpaired) electrons. The summed E-state index contributed by atoms with van der Waals surface area (Å²) in [7, 11) is 0. The number of aliphatic carboxylic acids is 1. The Labute approximate surface area is 179 Å². The number of aromatic nitrogens is 1. The lowest BCUT2D eigenvalue weighted by molar-refractivity contribution is -0.192. The molecule has 31 heavy (non-hydrogen) atoms. The summed E-state index contributed by atoms with van der Waals surface area (Å²) < 4.78 is 45.5. The molecule has 0 atom stereocenters. The molecule has 3 rings (SSSR count). The Balaban J connectivity index is 0.000000423. The van der Waals surface area contributed by atoms with E-state index in [0.717, 1.165) is 10.4 Å². The van der Waals surface area contributed by atoms with Crippen molar-refractivity contribution in [3.8, 4) is 11.3 Å². The van der Waals surface area contributed by atoms with Crippen molar-refractivity contribution < 1.29 is 32.3 Å². The minimum Gasteiger partial charge on any atom is -0.475 e. The van der Waals surface area contributed by atoms with Gasteiger partial charge in [-0.25, -0.2) is 9.18 Å². The van der Waals surface area contributed by atoms with Gasteiger partial charge in [0, 0.05) is 23.1 Å². The van der Waals surface area contributed by atoms with Crippen LogP contribution >= 0.6 is 11.3 Å². The third-order valence-electron chi connectivity index (χ3n) is 3.90. The van der Waals surface area contributed by atoms with Crippen LogP contribution in [0.5, 0.6) is 0 Å². The lowest BCUT2D eigenvalue weighted by Crippen LogP contribution is -2.22. The van der Waals surface area contributed by atoms with Crippen LogP contribution in [0.3, 0.4) is 0 Å². The Bertz CT molecular complexity index is 991. The standard InChI is InChI=1S/C19H17FN2OS.C2HF3O2/c20-17-6-2-1-5-16(17)18-9-7-14(12-21-18)8-10-19(23)22-13-15-4-3-11-24-15;3-2(4,5)1(6)7/h1-7,9,11-12H,8,10,13H2,(H,22,23);(H,6,7). The van der Waals surface area contributed by atoms with Crippen LogP contribution < -0.4 is 5.32 Å². The molecule has 0 spiro atoms. The molecule has 5 nitrogen and oxygen atoms in total. The summed E-state index contributed by atoms with van der Waals surface area (Å²) in [4.78, 5) is 26.2. The largest absolute Gasteiger partial charge is 0.490 e. The number of pyridine rings is 1. The number of hydrogen-bond donors (Lipinski definition) is 2. The quantitative estimate of drug-likeness (QED) is 0.523. The van der Waals surface area contributed by atoms with Crippen molar-refractivity contribution in [1.29, 1.82) is 0 Å². The molecule has 2 N–H and O–H groups in total. The van der Waals surface area contributed by atoms with Crippen molar-refractivity contribution in [2.24, 2.45) is 0 Å². The molecule has 0 fully saturated rings. The zero-order valence-electron chi connectivity index (χ0n) is 16.0. The van der Waals surface area contributed by atoms with Crippen LogP contribution in [-0.2, 0) is 22.6 Å². The SMILES string of the molecule is O=C(CCc1ccc(-c2ccccc2F)nc1)NCc1cccs1.O=C(O)C(F)(F)F. The van der Waals surface area contributed by atoms with Crippen molar-refractivity contribution in [3.63, 3.8) is 0 Å². The molecule has 10 heteroatoms. The monoisotopic (exact) mass is 454 g/mol. The van der Waals surface area contributed by atoms with Crippen molar-refractivity contribution in [2.75, 3.05) is 0 Å². The summed E-state index contributed by atoms with van der Waals surface area (Å²) >= 11 is 1.62. The summed E-state index contributed by atoms with van der Waals surface area (Å²) in [5, 5.41) is 12.0. The summed E-state index contributed by atoms with van der Waals surface area (Å²) in [5.74, 6) is -3.03. The lowest BCUT2D eigenvalue weighted by atomic mass is 10.1. The number of benzene rings is 1. The molecular weight excluding hydrogens is 436 g/mol. The van der Waals surface area contributed by atoms with Gasteiger partial charge in [-0.1, -0.05) is 24.3 Å². The highest BCUT2D eigenvalue weighted by Crippen LogP contribution is 2.20. The van der Waals surface area contributed by atoms with E-state index in [1.54, 1.807) is 41.8 Å². The van der Waals surface area contributed by atoms with E-state index in [-0.39, 0.29) is 11.7 Å². The van der Waals surface area contributed by atoms with Crippen LogP contribution in [0.4, 0.5) is 17.6 Å². The molecule has 0 aliphatic carbocycles. The van der Waals surface area contributed by atoms with Crippen LogP contribution in [0, 0.1) is 5.82 Å². The fourth-order valence-corrected chi connectivity index (χ4v) is 2.99. The number of thiophene rings is 1. The van der Waals surface area contributed by atoms with Gasteiger partial charge < -0.3 is 10.4 Å². The van der Waals surface area contributed by atoms with Crippen LogP contribution in [0.2, 0.25) is 0 Å². The number of aryl methyl sites for hydroxylation is 1. The van der Waals surface area contributed by atoms with Gasteiger partial charge >= 0.3 is 12.1 Å². The summed E-state index contributed by atoms with van der Waals surface area (Å²) in [6, 6.07) is 14.2. The number of carboxylic acids is 1. The molecular formula is C21H18F4N2O3S. The van der Waals surface area contributed by atoms with E-state index >= 15 is 0 Å². The molecule has 3 aromatic rings. The molecule has 1 amide bonds. The lowest BCUT2D eigenvalue weighted by Gasteiger charge is -2.06. The molecule has 1 aromatic carbocycles. The number of rotatable bonds is 6. The maximum Gasteiger partial charge on any atom is 0.490 e. The second-order valence-corrected chi connectivity index (χ2v) is 7.22. The molecule has 0 unspecified atom stereocenters. The Kier molecular flexibility index (Phi) is 8.68. The molecule has 164 valence electrons. The van der Waals surface area contributed by atoms with Crippen LogP contribution in [-0.4, -0.2) is 28.1 Å². The number of hydrogen-bond acceptors (Lipinski definition) is 4. The van der Waals surface area contributed by atoms with E-state index in [1.807, 2.05) is 23.6 Å². The van der Waals surface area contributed by atoms with Gasteiger partial charge in [0.25, 0.3) is 0 Å². The third kappa shape index (κ3) is 8.17. The zero-order valence-corrected chi connectivity index (χ0v) is 16.8. The first-order chi connectivity index (χ1) is 14.7. The average Bonchev–Trinajstić information content (AvgIpc) is 3.25. The first-order valence-electron chi connectivity index (χ1n) is 8.96. The summed E-state index contributed by atoms with van der Waals surface area (Å²) in [6.45, 7) is 0.570. The molecule has 0 saturated heterocycles. The Hall–Kier alpha value is -3.27. The van der Waals surface area contributed by atoms with E-state index < -0.39 is 12.1 Å². The van der Waals surface area contributed by atoms with Crippen molar-refractivity contribution in [3.05, 3.63) is 76.4 Å². The highest BCUT2D eigenvalue weighted by atomic mass is 32.1. The first kappa shape index (κ1) is 24.0. The van der Waals surface area contributed by atoms with Crippen molar-refractivity contribution in [1.82, 2.24) is 10.3 Å². The van der Waals surface area contributed by atoms with E-state index in [1.165, 1.54) is 6.07 Å². The number of nitrogens with one attached hydrogen (secondary N) is 1. The van der Waals surface area contributed by atoms with Crippen LogP contribution in [0.15, 0.2) is 60.1 Å². The van der Waals surface area contributed by atoms with Gasteiger partial charge in [-0.15, -0.1) is 11.3 Å². The van der Waals surface area contributed by atoms with E-state index in [2.05, 4.69) is 10.3 Å². The molecule has 0 saturated carbocycles. The predicted molar refractivity (Wildman–Crippen MR) is 108 cm³/mol. The van der Waals surface area contributed by atoms with Gasteiger partial charge in [0.2, 0.25) is 5.91 Å². The van der Waals surface area contributed by atoms with Crippen molar-refractivity contribution in [2.45, 2.75) is 25.6 Å². The van der Waals surface area contributed by atoms with E-state index in [4.69, 9.17) is 9.90 Å². The topological polar surface area (TPSA) is 79.3 Å². The third-order valence-corrected chi connectivity index (χ3v) is 4.77. The average molecular weight is 454 g/mol. The minimum atomic E-state index is -5.08. The molecule has 0 aliphatic heterocycles. The fourth-order valence-electron chi connectivity index (χ4n) is 2.35. The van der Waals surface area contributed by atoms with Crippen LogP contribution in [0.25, 0.3) is 11.3 Å². The smallest absolute Gasteiger partial charge is 0.475 e. The predicted octanol–water partition coefficient (Wildman–Crippen LogP) is 4.83.